The van der Waals surface area contributed by atoms with E-state index in [-0.39, 0.29) is 12.1 Å². The molecular weight excluding hydrogens is 309 g/mol. The molecule has 2 aromatic heterocycles. The van der Waals surface area contributed by atoms with Gasteiger partial charge in [0.05, 0.1) is 23.0 Å². The van der Waals surface area contributed by atoms with E-state index in [0.717, 1.165) is 12.3 Å². The lowest BCUT2D eigenvalue weighted by atomic mass is 10.1. The molecule has 0 aromatic carbocycles. The summed E-state index contributed by atoms with van der Waals surface area (Å²) in [7, 11) is 0. The van der Waals surface area contributed by atoms with E-state index in [1.54, 1.807) is 19.1 Å². The Morgan fingerprint density at radius 3 is 2.65 bits per heavy atom. The zero-order valence-electron chi connectivity index (χ0n) is 12.0. The van der Waals surface area contributed by atoms with Crippen LogP contribution in [0.5, 0.6) is 0 Å². The smallest absolute Gasteiger partial charge is 0.307 e. The molecule has 0 spiro atoms. The number of pyridine rings is 2. The standard InChI is InChI=1S/C15H11F3N4O/c1-2-22(12-4-3-5-20-9-12)14(23)11-6-10(7-19)13(21-8-11)15(16,17)18/h3-6,8-9H,2H2,1H3. The number of carbonyl (C=O) groups is 1. The third-order valence-corrected chi connectivity index (χ3v) is 3.04. The highest BCUT2D eigenvalue weighted by molar-refractivity contribution is 6.06. The van der Waals surface area contributed by atoms with Gasteiger partial charge in [-0.3, -0.25) is 9.78 Å². The summed E-state index contributed by atoms with van der Waals surface area (Å²) in [5.41, 5.74) is -1.59. The Morgan fingerprint density at radius 1 is 1.39 bits per heavy atom. The van der Waals surface area contributed by atoms with Gasteiger partial charge < -0.3 is 4.90 Å². The number of carbonyl (C=O) groups excluding carboxylic acids is 1. The van der Waals surface area contributed by atoms with E-state index < -0.39 is 23.3 Å². The van der Waals surface area contributed by atoms with Crippen LogP contribution < -0.4 is 4.90 Å². The van der Waals surface area contributed by atoms with Crippen LogP contribution in [0, 0.1) is 11.3 Å². The van der Waals surface area contributed by atoms with Crippen molar-refractivity contribution in [1.82, 2.24) is 9.97 Å². The minimum atomic E-state index is -4.75. The van der Waals surface area contributed by atoms with Crippen molar-refractivity contribution in [3.8, 4) is 6.07 Å². The van der Waals surface area contributed by atoms with Gasteiger partial charge in [0.1, 0.15) is 6.07 Å². The molecule has 2 heterocycles. The number of nitrogens with zero attached hydrogens (tertiary/aromatic N) is 4. The molecule has 23 heavy (non-hydrogen) atoms. The van der Waals surface area contributed by atoms with Gasteiger partial charge in [-0.05, 0) is 25.1 Å². The van der Waals surface area contributed by atoms with Crippen LogP contribution in [0.3, 0.4) is 0 Å². The van der Waals surface area contributed by atoms with Crippen LogP contribution in [0.15, 0.2) is 36.8 Å². The monoisotopic (exact) mass is 320 g/mol. The second kappa shape index (κ2) is 6.44. The van der Waals surface area contributed by atoms with Gasteiger partial charge in [-0.25, -0.2) is 4.98 Å². The molecule has 0 unspecified atom stereocenters. The van der Waals surface area contributed by atoms with Gasteiger partial charge in [-0.1, -0.05) is 0 Å². The fourth-order valence-electron chi connectivity index (χ4n) is 2.01. The van der Waals surface area contributed by atoms with Crippen LogP contribution in [0.2, 0.25) is 0 Å². The molecule has 0 radical (unpaired) electrons. The van der Waals surface area contributed by atoms with Crippen LogP contribution >= 0.6 is 0 Å². The lowest BCUT2D eigenvalue weighted by molar-refractivity contribution is -0.141. The van der Waals surface area contributed by atoms with Gasteiger partial charge in [0, 0.05) is 18.9 Å². The number of nitriles is 1. The summed E-state index contributed by atoms with van der Waals surface area (Å²) in [5.74, 6) is -0.557. The molecule has 0 saturated carbocycles. The van der Waals surface area contributed by atoms with Crippen LogP contribution in [0.4, 0.5) is 18.9 Å². The number of halogens is 3. The molecule has 5 nitrogen and oxygen atoms in total. The van der Waals surface area contributed by atoms with E-state index in [4.69, 9.17) is 5.26 Å². The topological polar surface area (TPSA) is 69.9 Å². The second-order valence-corrected chi connectivity index (χ2v) is 4.49. The average Bonchev–Trinajstić information content (AvgIpc) is 2.55. The molecule has 1 amide bonds. The Labute approximate surface area is 130 Å². The van der Waals surface area contributed by atoms with Gasteiger partial charge in [0.25, 0.3) is 5.91 Å². The minimum absolute atomic E-state index is 0.0970. The molecular formula is C15H11F3N4O. The van der Waals surface area contributed by atoms with Crippen molar-refractivity contribution in [2.75, 3.05) is 11.4 Å². The van der Waals surface area contributed by atoms with Crippen molar-refractivity contribution in [2.24, 2.45) is 0 Å². The highest BCUT2D eigenvalue weighted by Crippen LogP contribution is 2.30. The molecule has 0 fully saturated rings. The first-order valence-electron chi connectivity index (χ1n) is 6.57. The fraction of sp³-hybridized carbons (Fsp3) is 0.200. The highest BCUT2D eigenvalue weighted by atomic mass is 19.4. The van der Waals surface area contributed by atoms with Crippen molar-refractivity contribution >= 4 is 11.6 Å². The fourth-order valence-corrected chi connectivity index (χ4v) is 2.01. The summed E-state index contributed by atoms with van der Waals surface area (Å²) in [6, 6.07) is 5.61. The third kappa shape index (κ3) is 3.45. The zero-order valence-corrected chi connectivity index (χ0v) is 12.0. The van der Waals surface area contributed by atoms with Gasteiger partial charge >= 0.3 is 6.18 Å². The van der Waals surface area contributed by atoms with Gasteiger partial charge in [0.15, 0.2) is 5.69 Å². The number of alkyl halides is 3. The summed E-state index contributed by atoms with van der Waals surface area (Å²) in [4.78, 5) is 20.9. The van der Waals surface area contributed by atoms with E-state index >= 15 is 0 Å². The Balaban J connectivity index is 2.42. The van der Waals surface area contributed by atoms with Gasteiger partial charge in [-0.15, -0.1) is 0 Å². The van der Waals surface area contributed by atoms with E-state index in [0.29, 0.717) is 5.69 Å². The first-order chi connectivity index (χ1) is 10.9. The van der Waals surface area contributed by atoms with Gasteiger partial charge in [0.2, 0.25) is 0 Å². The van der Waals surface area contributed by atoms with E-state index in [2.05, 4.69) is 9.97 Å². The molecule has 0 aliphatic carbocycles. The number of hydrogen-bond donors (Lipinski definition) is 0. The predicted octanol–water partition coefficient (Wildman–Crippen LogP) is 3.03. The minimum Gasteiger partial charge on any atom is -0.307 e. The quantitative estimate of drug-likeness (QED) is 0.871. The van der Waals surface area contributed by atoms with Crippen molar-refractivity contribution < 1.29 is 18.0 Å². The molecule has 0 aliphatic rings. The van der Waals surface area contributed by atoms with Crippen molar-refractivity contribution in [3.63, 3.8) is 0 Å². The van der Waals surface area contributed by atoms with Crippen LogP contribution in [0.25, 0.3) is 0 Å². The zero-order chi connectivity index (χ0) is 17.0. The molecule has 2 aromatic rings. The molecule has 0 aliphatic heterocycles. The maximum absolute atomic E-state index is 12.7. The lowest BCUT2D eigenvalue weighted by Gasteiger charge is -2.20. The number of amides is 1. The Hall–Kier alpha value is -2.95. The Bertz CT molecular complexity index is 754. The Morgan fingerprint density at radius 2 is 2.13 bits per heavy atom. The predicted molar refractivity (Wildman–Crippen MR) is 75.5 cm³/mol. The van der Waals surface area contributed by atoms with E-state index in [1.807, 2.05) is 0 Å². The number of rotatable bonds is 3. The SMILES string of the molecule is CCN(C(=O)c1cnc(C(F)(F)F)c(C#N)c1)c1cccnc1. The molecule has 118 valence electrons. The molecule has 2 rings (SSSR count). The highest BCUT2D eigenvalue weighted by Gasteiger charge is 2.36. The molecule has 0 saturated heterocycles. The second-order valence-electron chi connectivity index (χ2n) is 4.49. The molecule has 8 heteroatoms. The summed E-state index contributed by atoms with van der Waals surface area (Å²) < 4.78 is 38.2. The first kappa shape index (κ1) is 16.4. The maximum Gasteiger partial charge on any atom is 0.434 e. The largest absolute Gasteiger partial charge is 0.434 e. The number of hydrogen-bond acceptors (Lipinski definition) is 4. The molecule has 0 atom stereocenters. The summed E-state index contributed by atoms with van der Waals surface area (Å²) >= 11 is 0. The number of anilines is 1. The normalized spacial score (nSPS) is 10.9. The average molecular weight is 320 g/mol. The summed E-state index contributed by atoms with van der Waals surface area (Å²) in [5, 5.41) is 8.88. The summed E-state index contributed by atoms with van der Waals surface area (Å²) in [6.07, 6.45) is -0.926. The molecule has 0 N–H and O–H groups in total. The maximum atomic E-state index is 12.7. The third-order valence-electron chi connectivity index (χ3n) is 3.04. The van der Waals surface area contributed by atoms with Gasteiger partial charge in [-0.2, -0.15) is 18.4 Å². The van der Waals surface area contributed by atoms with Crippen molar-refractivity contribution in [1.29, 1.82) is 5.26 Å². The lowest BCUT2D eigenvalue weighted by Crippen LogP contribution is -2.31. The van der Waals surface area contributed by atoms with Crippen molar-refractivity contribution in [2.45, 2.75) is 13.1 Å². The Kier molecular flexibility index (Phi) is 4.60. The van der Waals surface area contributed by atoms with Crippen LogP contribution in [0.1, 0.15) is 28.5 Å². The van der Waals surface area contributed by atoms with Crippen molar-refractivity contribution in [3.05, 3.63) is 53.6 Å². The van der Waals surface area contributed by atoms with Crippen LogP contribution in [-0.2, 0) is 6.18 Å². The summed E-state index contributed by atoms with van der Waals surface area (Å²) in [6.45, 7) is 2.00. The first-order valence-corrected chi connectivity index (χ1v) is 6.57. The number of aromatic nitrogens is 2. The van der Waals surface area contributed by atoms with Crippen LogP contribution in [-0.4, -0.2) is 22.4 Å². The van der Waals surface area contributed by atoms with E-state index in [9.17, 15) is 18.0 Å². The molecule has 0 bridgehead atoms. The van der Waals surface area contributed by atoms with E-state index in [1.165, 1.54) is 23.4 Å².